The van der Waals surface area contributed by atoms with Gasteiger partial charge < -0.3 is 14.5 Å². The van der Waals surface area contributed by atoms with E-state index in [9.17, 15) is 4.79 Å². The van der Waals surface area contributed by atoms with Crippen LogP contribution in [0.15, 0.2) is 59.9 Å². The van der Waals surface area contributed by atoms with Crippen molar-refractivity contribution in [2.24, 2.45) is 0 Å². The maximum absolute atomic E-state index is 12.3. The van der Waals surface area contributed by atoms with Gasteiger partial charge in [-0.2, -0.15) is 0 Å². The van der Waals surface area contributed by atoms with Gasteiger partial charge in [0.25, 0.3) is 0 Å². The van der Waals surface area contributed by atoms with E-state index in [2.05, 4.69) is 9.97 Å². The Labute approximate surface area is 143 Å². The molecule has 2 aromatic carbocycles. The first kappa shape index (κ1) is 14.8. The number of fused-ring (bicyclic) bond motifs is 1. The molecule has 3 aromatic rings. The van der Waals surface area contributed by atoms with Gasteiger partial charge in [-0.05, 0) is 23.8 Å². The Morgan fingerprint density at radius 1 is 1.12 bits per heavy atom. The summed E-state index contributed by atoms with van der Waals surface area (Å²) < 4.78 is 10.6. The van der Waals surface area contributed by atoms with E-state index in [-0.39, 0.29) is 12.6 Å². The summed E-state index contributed by atoms with van der Waals surface area (Å²) in [7, 11) is 0. The average Bonchev–Trinajstić information content (AvgIpc) is 3.29. The number of ketones is 1. The topological polar surface area (TPSA) is 64.2 Å². The van der Waals surface area contributed by atoms with Crippen LogP contribution in [0.1, 0.15) is 10.4 Å². The number of thioether (sulfide) groups is 1. The summed E-state index contributed by atoms with van der Waals surface area (Å²) in [5.41, 5.74) is 2.62. The van der Waals surface area contributed by atoms with Crippen molar-refractivity contribution in [2.75, 3.05) is 12.5 Å². The van der Waals surface area contributed by atoms with Crippen LogP contribution in [-0.4, -0.2) is 28.3 Å². The van der Waals surface area contributed by atoms with Gasteiger partial charge in [0.15, 0.2) is 22.4 Å². The SMILES string of the molecule is O=C(CSc1ncc(-c2ccccc2)[nH]1)c1ccc2c(c1)OCO2. The number of nitrogens with zero attached hydrogens (tertiary/aromatic N) is 1. The number of aromatic amines is 1. The highest BCUT2D eigenvalue weighted by molar-refractivity contribution is 7.99. The van der Waals surface area contributed by atoms with E-state index in [0.29, 0.717) is 22.8 Å². The summed E-state index contributed by atoms with van der Waals surface area (Å²) in [6.07, 6.45) is 1.78. The van der Waals surface area contributed by atoms with Gasteiger partial charge in [0.1, 0.15) is 0 Å². The molecule has 120 valence electrons. The second-order valence-electron chi connectivity index (χ2n) is 5.25. The quantitative estimate of drug-likeness (QED) is 0.566. The van der Waals surface area contributed by atoms with E-state index in [1.807, 2.05) is 30.3 Å². The highest BCUT2D eigenvalue weighted by Gasteiger charge is 2.16. The third-order valence-electron chi connectivity index (χ3n) is 3.67. The molecule has 4 rings (SSSR count). The largest absolute Gasteiger partial charge is 0.454 e. The van der Waals surface area contributed by atoms with E-state index in [0.717, 1.165) is 16.4 Å². The molecular formula is C18H14N2O3S. The number of imidazole rings is 1. The normalized spacial score (nSPS) is 12.3. The summed E-state index contributed by atoms with van der Waals surface area (Å²) in [5.74, 6) is 1.63. The van der Waals surface area contributed by atoms with E-state index < -0.39 is 0 Å². The summed E-state index contributed by atoms with van der Waals surface area (Å²) in [5, 5.41) is 0.725. The molecule has 5 nitrogen and oxygen atoms in total. The van der Waals surface area contributed by atoms with Gasteiger partial charge in [0.2, 0.25) is 6.79 Å². The van der Waals surface area contributed by atoms with Crippen LogP contribution in [0.3, 0.4) is 0 Å². The van der Waals surface area contributed by atoms with Gasteiger partial charge in [-0.1, -0.05) is 42.1 Å². The lowest BCUT2D eigenvalue weighted by Crippen LogP contribution is -2.02. The molecule has 0 unspecified atom stereocenters. The fourth-order valence-electron chi connectivity index (χ4n) is 2.43. The molecule has 6 heteroatoms. The Hall–Kier alpha value is -2.73. The summed E-state index contributed by atoms with van der Waals surface area (Å²) in [6.45, 7) is 0.205. The van der Waals surface area contributed by atoms with Crippen molar-refractivity contribution in [2.45, 2.75) is 5.16 Å². The number of aromatic nitrogens is 2. The fraction of sp³-hybridized carbons (Fsp3) is 0.111. The highest BCUT2D eigenvalue weighted by Crippen LogP contribution is 2.33. The number of carbonyl (C=O) groups is 1. The van der Waals surface area contributed by atoms with Crippen LogP contribution in [0.25, 0.3) is 11.3 Å². The Morgan fingerprint density at radius 2 is 1.96 bits per heavy atom. The molecule has 2 heterocycles. The monoisotopic (exact) mass is 338 g/mol. The van der Waals surface area contributed by atoms with Gasteiger partial charge >= 0.3 is 0 Å². The standard InChI is InChI=1S/C18H14N2O3S/c21-15(13-6-7-16-17(8-13)23-11-22-16)10-24-18-19-9-14(20-18)12-4-2-1-3-5-12/h1-9H,10-11H2,(H,19,20). The number of hydrogen-bond acceptors (Lipinski definition) is 5. The van der Waals surface area contributed by atoms with Crippen LogP contribution >= 0.6 is 11.8 Å². The van der Waals surface area contributed by atoms with Crippen LogP contribution in [0.2, 0.25) is 0 Å². The molecule has 0 saturated carbocycles. The lowest BCUT2D eigenvalue weighted by atomic mass is 10.1. The Balaban J connectivity index is 1.42. The Bertz CT molecular complexity index is 877. The Kier molecular flexibility index (Phi) is 3.96. The van der Waals surface area contributed by atoms with Crippen molar-refractivity contribution < 1.29 is 14.3 Å². The molecule has 0 saturated heterocycles. The number of nitrogens with one attached hydrogen (secondary N) is 1. The zero-order valence-electron chi connectivity index (χ0n) is 12.7. The Morgan fingerprint density at radius 3 is 2.83 bits per heavy atom. The van der Waals surface area contributed by atoms with Crippen LogP contribution in [0.5, 0.6) is 11.5 Å². The predicted octanol–water partition coefficient (Wildman–Crippen LogP) is 3.78. The maximum atomic E-state index is 12.3. The number of Topliss-reactive ketones (excluding diaryl/α,β-unsaturated/α-hetero) is 1. The molecular weight excluding hydrogens is 324 g/mol. The second-order valence-corrected chi connectivity index (χ2v) is 6.21. The van der Waals surface area contributed by atoms with E-state index in [4.69, 9.17) is 9.47 Å². The van der Waals surface area contributed by atoms with Crippen molar-refractivity contribution in [3.8, 4) is 22.8 Å². The van der Waals surface area contributed by atoms with Gasteiger partial charge in [0.05, 0.1) is 17.6 Å². The van der Waals surface area contributed by atoms with Crippen molar-refractivity contribution in [1.82, 2.24) is 9.97 Å². The lowest BCUT2D eigenvalue weighted by molar-refractivity contribution is 0.102. The minimum Gasteiger partial charge on any atom is -0.454 e. The van der Waals surface area contributed by atoms with Crippen molar-refractivity contribution in [1.29, 1.82) is 0 Å². The van der Waals surface area contributed by atoms with Gasteiger partial charge in [-0.15, -0.1) is 0 Å². The molecule has 1 aliphatic rings. The maximum Gasteiger partial charge on any atom is 0.231 e. The summed E-state index contributed by atoms with van der Waals surface area (Å²) in [6, 6.07) is 15.2. The third-order valence-corrected chi connectivity index (χ3v) is 4.56. The van der Waals surface area contributed by atoms with Crippen molar-refractivity contribution >= 4 is 17.5 Å². The molecule has 0 spiro atoms. The second kappa shape index (κ2) is 6.41. The molecule has 0 aliphatic carbocycles. The van der Waals surface area contributed by atoms with E-state index in [1.165, 1.54) is 11.8 Å². The number of H-pyrrole nitrogens is 1. The number of rotatable bonds is 5. The smallest absolute Gasteiger partial charge is 0.231 e. The minimum atomic E-state index is 0.0240. The molecule has 0 radical (unpaired) electrons. The molecule has 1 N–H and O–H groups in total. The first-order valence-corrected chi connectivity index (χ1v) is 8.44. The minimum absolute atomic E-state index is 0.0240. The summed E-state index contributed by atoms with van der Waals surface area (Å²) in [4.78, 5) is 19.9. The number of hydrogen-bond donors (Lipinski definition) is 1. The molecule has 0 fully saturated rings. The molecule has 0 bridgehead atoms. The predicted molar refractivity (Wildman–Crippen MR) is 91.6 cm³/mol. The molecule has 1 aromatic heterocycles. The first-order chi connectivity index (χ1) is 11.8. The number of ether oxygens (including phenoxy) is 2. The molecule has 24 heavy (non-hydrogen) atoms. The van der Waals surface area contributed by atoms with Gasteiger partial charge in [-0.25, -0.2) is 4.98 Å². The number of carbonyl (C=O) groups excluding carboxylic acids is 1. The van der Waals surface area contributed by atoms with Crippen molar-refractivity contribution in [3.63, 3.8) is 0 Å². The van der Waals surface area contributed by atoms with Gasteiger partial charge in [-0.3, -0.25) is 4.79 Å². The highest BCUT2D eigenvalue weighted by atomic mass is 32.2. The lowest BCUT2D eigenvalue weighted by Gasteiger charge is -2.02. The van der Waals surface area contributed by atoms with Crippen LogP contribution in [0, 0.1) is 0 Å². The fourth-order valence-corrected chi connectivity index (χ4v) is 3.17. The molecule has 0 amide bonds. The van der Waals surface area contributed by atoms with Crippen LogP contribution < -0.4 is 9.47 Å². The third kappa shape index (κ3) is 3.00. The number of benzene rings is 2. The molecule has 0 atom stereocenters. The van der Waals surface area contributed by atoms with Crippen LogP contribution in [-0.2, 0) is 0 Å². The first-order valence-electron chi connectivity index (χ1n) is 7.46. The zero-order chi connectivity index (χ0) is 16.4. The van der Waals surface area contributed by atoms with E-state index >= 15 is 0 Å². The zero-order valence-corrected chi connectivity index (χ0v) is 13.5. The average molecular weight is 338 g/mol. The summed E-state index contributed by atoms with van der Waals surface area (Å²) >= 11 is 1.38. The van der Waals surface area contributed by atoms with Crippen LogP contribution in [0.4, 0.5) is 0 Å². The van der Waals surface area contributed by atoms with E-state index in [1.54, 1.807) is 24.4 Å². The molecule has 1 aliphatic heterocycles. The van der Waals surface area contributed by atoms with Crippen molar-refractivity contribution in [3.05, 3.63) is 60.3 Å². The van der Waals surface area contributed by atoms with Gasteiger partial charge in [0, 0.05) is 5.56 Å².